The summed E-state index contributed by atoms with van der Waals surface area (Å²) in [5, 5.41) is 8.31. The van der Waals surface area contributed by atoms with Crippen LogP contribution in [0.4, 0.5) is 5.69 Å². The molecule has 0 spiro atoms. The molecule has 1 aromatic rings. The lowest BCUT2D eigenvalue weighted by Gasteiger charge is -2.26. The van der Waals surface area contributed by atoms with Crippen LogP contribution < -0.4 is 16.0 Å². The van der Waals surface area contributed by atoms with E-state index in [1.165, 1.54) is 6.07 Å². The normalized spacial score (nSPS) is 14.6. The number of nitrogens with zero attached hydrogens (tertiary/aromatic N) is 1. The molecule has 0 aliphatic carbocycles. The van der Waals surface area contributed by atoms with Crippen molar-refractivity contribution in [1.82, 2.24) is 15.5 Å². The standard InChI is InChI=1S/C17H24N4O4/c1-2-25-17(24)13-5-3-4-6-14(13)20-16(23)15(22)19-9-12-21-10-7-18-8-11-21/h3-6,18H,2,7-12H2,1H3,(H,19,22)(H,20,23). The number of nitrogens with one attached hydrogen (secondary N) is 3. The van der Waals surface area contributed by atoms with Crippen LogP contribution in [0.1, 0.15) is 17.3 Å². The Morgan fingerprint density at radius 2 is 1.88 bits per heavy atom. The van der Waals surface area contributed by atoms with E-state index in [9.17, 15) is 14.4 Å². The first-order chi connectivity index (χ1) is 12.1. The summed E-state index contributed by atoms with van der Waals surface area (Å²) >= 11 is 0. The van der Waals surface area contributed by atoms with Crippen molar-refractivity contribution in [2.75, 3.05) is 51.2 Å². The molecule has 0 atom stereocenters. The molecule has 1 heterocycles. The summed E-state index contributed by atoms with van der Waals surface area (Å²) in [6, 6.07) is 6.42. The molecule has 8 nitrogen and oxygen atoms in total. The van der Waals surface area contributed by atoms with E-state index >= 15 is 0 Å². The van der Waals surface area contributed by atoms with Crippen molar-refractivity contribution < 1.29 is 19.1 Å². The molecule has 3 N–H and O–H groups in total. The summed E-state index contributed by atoms with van der Waals surface area (Å²) in [6.07, 6.45) is 0. The minimum atomic E-state index is -0.808. The number of piperazine rings is 1. The van der Waals surface area contributed by atoms with Crippen molar-refractivity contribution in [2.24, 2.45) is 0 Å². The van der Waals surface area contributed by atoms with E-state index in [1.54, 1.807) is 25.1 Å². The highest BCUT2D eigenvalue weighted by atomic mass is 16.5. The molecule has 2 amide bonds. The molecular formula is C17H24N4O4. The topological polar surface area (TPSA) is 99.8 Å². The lowest BCUT2D eigenvalue weighted by atomic mass is 10.2. The molecule has 0 radical (unpaired) electrons. The van der Waals surface area contributed by atoms with E-state index in [2.05, 4.69) is 20.9 Å². The Bertz CT molecular complexity index is 614. The highest BCUT2D eigenvalue weighted by Crippen LogP contribution is 2.16. The van der Waals surface area contributed by atoms with Gasteiger partial charge >= 0.3 is 17.8 Å². The highest BCUT2D eigenvalue weighted by molar-refractivity contribution is 6.40. The third-order valence-electron chi connectivity index (χ3n) is 3.80. The monoisotopic (exact) mass is 348 g/mol. The van der Waals surface area contributed by atoms with Gasteiger partial charge in [0, 0.05) is 39.3 Å². The van der Waals surface area contributed by atoms with Gasteiger partial charge in [0.05, 0.1) is 17.9 Å². The molecule has 1 aromatic carbocycles. The minimum absolute atomic E-state index is 0.214. The van der Waals surface area contributed by atoms with E-state index in [0.717, 1.165) is 26.2 Å². The Hall–Kier alpha value is -2.45. The number of para-hydroxylation sites is 1. The van der Waals surface area contributed by atoms with Crippen molar-refractivity contribution in [3.63, 3.8) is 0 Å². The Balaban J connectivity index is 1.84. The molecule has 8 heteroatoms. The van der Waals surface area contributed by atoms with Gasteiger partial charge in [-0.3, -0.25) is 14.5 Å². The fraction of sp³-hybridized carbons (Fsp3) is 0.471. The number of hydrogen-bond acceptors (Lipinski definition) is 6. The molecule has 1 aliphatic rings. The average Bonchev–Trinajstić information content (AvgIpc) is 2.63. The minimum Gasteiger partial charge on any atom is -0.462 e. The molecule has 0 unspecified atom stereocenters. The highest BCUT2D eigenvalue weighted by Gasteiger charge is 2.18. The third kappa shape index (κ3) is 5.84. The molecule has 25 heavy (non-hydrogen) atoms. The van der Waals surface area contributed by atoms with Gasteiger partial charge in [-0.05, 0) is 19.1 Å². The molecule has 1 aliphatic heterocycles. The maximum Gasteiger partial charge on any atom is 0.340 e. The Kier molecular flexibility index (Phi) is 7.36. The van der Waals surface area contributed by atoms with Crippen LogP contribution in [0, 0.1) is 0 Å². The number of esters is 1. The smallest absolute Gasteiger partial charge is 0.340 e. The van der Waals surface area contributed by atoms with E-state index in [1.807, 2.05) is 0 Å². The zero-order chi connectivity index (χ0) is 18.1. The van der Waals surface area contributed by atoms with E-state index < -0.39 is 17.8 Å². The zero-order valence-corrected chi connectivity index (χ0v) is 14.3. The first-order valence-electron chi connectivity index (χ1n) is 8.40. The SMILES string of the molecule is CCOC(=O)c1ccccc1NC(=O)C(=O)NCCN1CCNCC1. The van der Waals surface area contributed by atoms with Gasteiger partial charge in [-0.15, -0.1) is 0 Å². The summed E-state index contributed by atoms with van der Waals surface area (Å²) in [5.74, 6) is -2.08. The molecule has 1 fully saturated rings. The molecule has 1 saturated heterocycles. The lowest BCUT2D eigenvalue weighted by molar-refractivity contribution is -0.136. The molecule has 0 aromatic heterocycles. The number of carbonyl (C=O) groups excluding carboxylic acids is 3. The molecule has 0 bridgehead atoms. The van der Waals surface area contributed by atoms with Crippen molar-refractivity contribution in [3.05, 3.63) is 29.8 Å². The quantitative estimate of drug-likeness (QED) is 0.487. The van der Waals surface area contributed by atoms with Crippen LogP contribution in [0.2, 0.25) is 0 Å². The Labute approximate surface area is 146 Å². The van der Waals surface area contributed by atoms with Crippen LogP contribution in [0.25, 0.3) is 0 Å². The number of amides is 2. The second kappa shape index (κ2) is 9.75. The largest absolute Gasteiger partial charge is 0.462 e. The predicted octanol–water partition coefficient (Wildman–Crippen LogP) is -0.177. The fourth-order valence-corrected chi connectivity index (χ4v) is 2.50. The van der Waals surface area contributed by atoms with Crippen LogP contribution in [-0.2, 0) is 14.3 Å². The van der Waals surface area contributed by atoms with Crippen molar-refractivity contribution in [3.8, 4) is 0 Å². The van der Waals surface area contributed by atoms with Gasteiger partial charge in [0.2, 0.25) is 0 Å². The molecule has 2 rings (SSSR count). The lowest BCUT2D eigenvalue weighted by Crippen LogP contribution is -2.47. The zero-order valence-electron chi connectivity index (χ0n) is 14.3. The number of ether oxygens (including phenoxy) is 1. The summed E-state index contributed by atoms with van der Waals surface area (Å²) in [5.41, 5.74) is 0.467. The number of benzene rings is 1. The molecule has 136 valence electrons. The van der Waals surface area contributed by atoms with Gasteiger partial charge in [0.25, 0.3) is 0 Å². The number of hydrogen-bond donors (Lipinski definition) is 3. The van der Waals surface area contributed by atoms with Gasteiger partial charge in [-0.1, -0.05) is 12.1 Å². The van der Waals surface area contributed by atoms with Crippen LogP contribution in [0.15, 0.2) is 24.3 Å². The van der Waals surface area contributed by atoms with Gasteiger partial charge in [0.15, 0.2) is 0 Å². The van der Waals surface area contributed by atoms with Crippen molar-refractivity contribution in [1.29, 1.82) is 0 Å². The van der Waals surface area contributed by atoms with E-state index in [0.29, 0.717) is 13.1 Å². The average molecular weight is 348 g/mol. The Morgan fingerprint density at radius 1 is 1.16 bits per heavy atom. The van der Waals surface area contributed by atoms with Gasteiger partial charge in [-0.25, -0.2) is 4.79 Å². The van der Waals surface area contributed by atoms with Crippen molar-refractivity contribution >= 4 is 23.5 Å². The molecule has 0 saturated carbocycles. The van der Waals surface area contributed by atoms with Gasteiger partial charge in [0.1, 0.15) is 0 Å². The van der Waals surface area contributed by atoms with Crippen LogP contribution in [0.3, 0.4) is 0 Å². The predicted molar refractivity (Wildman–Crippen MR) is 93.3 cm³/mol. The summed E-state index contributed by atoms with van der Waals surface area (Å²) in [7, 11) is 0. The second-order valence-electron chi connectivity index (χ2n) is 5.57. The number of anilines is 1. The number of carbonyl (C=O) groups is 3. The first kappa shape index (κ1) is 18.9. The number of rotatable bonds is 6. The molecular weight excluding hydrogens is 324 g/mol. The van der Waals surface area contributed by atoms with Crippen LogP contribution >= 0.6 is 0 Å². The van der Waals surface area contributed by atoms with Crippen LogP contribution in [-0.4, -0.2) is 68.6 Å². The second-order valence-corrected chi connectivity index (χ2v) is 5.57. The van der Waals surface area contributed by atoms with E-state index in [-0.39, 0.29) is 17.9 Å². The summed E-state index contributed by atoms with van der Waals surface area (Å²) < 4.78 is 4.94. The van der Waals surface area contributed by atoms with Crippen molar-refractivity contribution in [2.45, 2.75) is 6.92 Å². The van der Waals surface area contributed by atoms with Crippen LogP contribution in [0.5, 0.6) is 0 Å². The summed E-state index contributed by atoms with van der Waals surface area (Å²) in [6.45, 7) is 6.73. The Morgan fingerprint density at radius 3 is 2.60 bits per heavy atom. The fourth-order valence-electron chi connectivity index (χ4n) is 2.50. The third-order valence-corrected chi connectivity index (χ3v) is 3.80. The van der Waals surface area contributed by atoms with E-state index in [4.69, 9.17) is 4.74 Å². The van der Waals surface area contributed by atoms with Gasteiger partial charge < -0.3 is 20.7 Å². The first-order valence-corrected chi connectivity index (χ1v) is 8.40. The van der Waals surface area contributed by atoms with Gasteiger partial charge in [-0.2, -0.15) is 0 Å². The maximum atomic E-state index is 12.0. The summed E-state index contributed by atoms with van der Waals surface area (Å²) in [4.78, 5) is 38.0. The maximum absolute atomic E-state index is 12.0.